The van der Waals surface area contributed by atoms with Crippen molar-refractivity contribution in [2.45, 2.75) is 26.8 Å². The van der Waals surface area contributed by atoms with Crippen LogP contribution in [0.5, 0.6) is 0 Å². The van der Waals surface area contributed by atoms with E-state index in [9.17, 15) is 4.79 Å². The molecule has 9 heteroatoms. The van der Waals surface area contributed by atoms with E-state index in [1.165, 1.54) is 0 Å². The molecule has 0 spiro atoms. The largest absolute Gasteiger partial charge is 0.378 e. The first-order valence-corrected chi connectivity index (χ1v) is 13.2. The normalized spacial score (nSPS) is 14.5. The number of benzene rings is 2. The van der Waals surface area contributed by atoms with Gasteiger partial charge >= 0.3 is 0 Å². The van der Waals surface area contributed by atoms with Crippen LogP contribution in [0.25, 0.3) is 22.2 Å². The van der Waals surface area contributed by atoms with Gasteiger partial charge in [-0.2, -0.15) is 5.10 Å². The van der Waals surface area contributed by atoms with Gasteiger partial charge in [0.15, 0.2) is 0 Å². The summed E-state index contributed by atoms with van der Waals surface area (Å²) in [6.07, 6.45) is 1.71. The molecule has 1 unspecified atom stereocenters. The van der Waals surface area contributed by atoms with Crippen LogP contribution in [0.15, 0.2) is 71.7 Å². The highest BCUT2D eigenvalue weighted by Crippen LogP contribution is 2.29. The van der Waals surface area contributed by atoms with Crippen molar-refractivity contribution in [3.05, 3.63) is 94.2 Å². The fraction of sp³-hybridized carbons (Fsp3) is 0.267. The highest BCUT2D eigenvalue weighted by Gasteiger charge is 2.21. The maximum absolute atomic E-state index is 14.1. The van der Waals surface area contributed by atoms with Crippen molar-refractivity contribution < 1.29 is 4.74 Å². The van der Waals surface area contributed by atoms with Crippen molar-refractivity contribution in [1.29, 1.82) is 0 Å². The van der Waals surface area contributed by atoms with Crippen LogP contribution < -0.4 is 15.8 Å². The molecule has 3 aromatic heterocycles. The summed E-state index contributed by atoms with van der Waals surface area (Å²) in [5, 5.41) is 11.4. The molecule has 1 aliphatic rings. The number of nitrogens with one attached hydrogen (secondary N) is 2. The third-order valence-electron chi connectivity index (χ3n) is 7.25. The molecule has 0 aliphatic carbocycles. The minimum Gasteiger partial charge on any atom is -0.378 e. The first-order valence-electron chi connectivity index (χ1n) is 13.2. The number of nitrogens with zero attached hydrogens (tertiary/aromatic N) is 5. The average molecular weight is 522 g/mol. The standard InChI is InChI=1S/C30H31N7O2/c1-19-6-4-5-7-25(19)27-17-22-18-31-30(32-23-8-10-24(11-9-23)36-12-14-39-15-13-36)33-28(22)29(38)37(27)21(3)26-16-20(2)34-35-26/h4-11,16-18,21H,12-15H2,1-3H3,(H,34,35)(H,31,32,33). The highest BCUT2D eigenvalue weighted by atomic mass is 16.5. The number of pyridine rings is 1. The van der Waals surface area contributed by atoms with E-state index in [2.05, 4.69) is 42.5 Å². The Morgan fingerprint density at radius 2 is 1.79 bits per heavy atom. The maximum Gasteiger partial charge on any atom is 0.278 e. The number of H-pyrrole nitrogens is 1. The molecule has 1 atom stereocenters. The van der Waals surface area contributed by atoms with Gasteiger partial charge in [-0.25, -0.2) is 9.97 Å². The van der Waals surface area contributed by atoms with Crippen LogP contribution in [-0.4, -0.2) is 51.0 Å². The number of anilines is 3. The van der Waals surface area contributed by atoms with Crippen LogP contribution in [0.3, 0.4) is 0 Å². The number of hydrogen-bond donors (Lipinski definition) is 2. The molecule has 198 valence electrons. The molecule has 6 rings (SSSR count). The van der Waals surface area contributed by atoms with Crippen LogP contribution in [0.2, 0.25) is 0 Å². The summed E-state index contributed by atoms with van der Waals surface area (Å²) in [6.45, 7) is 9.24. The monoisotopic (exact) mass is 521 g/mol. The number of fused-ring (bicyclic) bond motifs is 1. The molecule has 0 saturated carbocycles. The third-order valence-corrected chi connectivity index (χ3v) is 7.25. The van der Waals surface area contributed by atoms with Gasteiger partial charge in [-0.3, -0.25) is 14.5 Å². The molecule has 1 fully saturated rings. The van der Waals surface area contributed by atoms with Gasteiger partial charge in [-0.15, -0.1) is 0 Å². The van der Waals surface area contributed by atoms with E-state index in [1.807, 2.05) is 69.3 Å². The Kier molecular flexibility index (Phi) is 6.58. The van der Waals surface area contributed by atoms with Crippen molar-refractivity contribution in [2.24, 2.45) is 0 Å². The van der Waals surface area contributed by atoms with Crippen molar-refractivity contribution in [2.75, 3.05) is 36.5 Å². The summed E-state index contributed by atoms with van der Waals surface area (Å²) in [7, 11) is 0. The number of aromatic nitrogens is 5. The highest BCUT2D eigenvalue weighted by molar-refractivity contribution is 5.83. The lowest BCUT2D eigenvalue weighted by molar-refractivity contribution is 0.122. The van der Waals surface area contributed by atoms with Gasteiger partial charge in [0.05, 0.1) is 30.6 Å². The molecule has 0 radical (unpaired) electrons. The summed E-state index contributed by atoms with van der Waals surface area (Å²) in [5.74, 6) is 0.372. The van der Waals surface area contributed by atoms with Crippen molar-refractivity contribution in [3.63, 3.8) is 0 Å². The Bertz CT molecular complexity index is 1680. The van der Waals surface area contributed by atoms with Crippen LogP contribution in [-0.2, 0) is 4.74 Å². The minimum atomic E-state index is -0.305. The Morgan fingerprint density at radius 1 is 1.03 bits per heavy atom. The number of rotatable bonds is 6. The van der Waals surface area contributed by atoms with Gasteiger partial charge in [0.25, 0.3) is 5.56 Å². The number of ether oxygens (including phenoxy) is 1. The quantitative estimate of drug-likeness (QED) is 0.325. The van der Waals surface area contributed by atoms with Gasteiger partial charge in [0.2, 0.25) is 5.95 Å². The van der Waals surface area contributed by atoms with E-state index < -0.39 is 0 Å². The van der Waals surface area contributed by atoms with E-state index in [0.29, 0.717) is 16.9 Å². The third kappa shape index (κ3) is 4.88. The first kappa shape index (κ1) is 24.8. The zero-order valence-corrected chi connectivity index (χ0v) is 22.3. The predicted octanol–water partition coefficient (Wildman–Crippen LogP) is 4.99. The molecular weight excluding hydrogens is 490 g/mol. The van der Waals surface area contributed by atoms with Gasteiger partial charge < -0.3 is 15.0 Å². The summed E-state index contributed by atoms with van der Waals surface area (Å²) in [4.78, 5) is 25.6. The van der Waals surface area contributed by atoms with Crippen LogP contribution in [0.4, 0.5) is 17.3 Å². The second kappa shape index (κ2) is 10.3. The molecule has 1 saturated heterocycles. The number of morpholine rings is 1. The van der Waals surface area contributed by atoms with E-state index in [0.717, 1.165) is 65.9 Å². The molecule has 1 aliphatic heterocycles. The molecule has 2 aromatic carbocycles. The van der Waals surface area contributed by atoms with E-state index in [1.54, 1.807) is 10.8 Å². The number of hydrogen-bond acceptors (Lipinski definition) is 7. The van der Waals surface area contributed by atoms with Crippen molar-refractivity contribution >= 4 is 28.2 Å². The van der Waals surface area contributed by atoms with Gasteiger partial charge in [0.1, 0.15) is 5.52 Å². The average Bonchev–Trinajstić information content (AvgIpc) is 3.40. The van der Waals surface area contributed by atoms with Crippen molar-refractivity contribution in [1.82, 2.24) is 24.7 Å². The lowest BCUT2D eigenvalue weighted by Gasteiger charge is -2.28. The van der Waals surface area contributed by atoms with Crippen LogP contribution >= 0.6 is 0 Å². The summed E-state index contributed by atoms with van der Waals surface area (Å²) in [5.41, 5.74) is 6.77. The molecular formula is C30H31N7O2. The zero-order chi connectivity index (χ0) is 26.9. The molecule has 2 N–H and O–H groups in total. The van der Waals surface area contributed by atoms with E-state index in [4.69, 9.17) is 4.74 Å². The van der Waals surface area contributed by atoms with Gasteiger partial charge in [0, 0.05) is 47.3 Å². The fourth-order valence-electron chi connectivity index (χ4n) is 5.11. The second-order valence-corrected chi connectivity index (χ2v) is 9.94. The smallest absolute Gasteiger partial charge is 0.278 e. The predicted molar refractivity (Wildman–Crippen MR) is 154 cm³/mol. The Morgan fingerprint density at radius 3 is 2.51 bits per heavy atom. The Hall–Kier alpha value is -4.50. The summed E-state index contributed by atoms with van der Waals surface area (Å²) in [6, 6.07) is 19.9. The Balaban J connectivity index is 1.40. The lowest BCUT2D eigenvalue weighted by atomic mass is 10.0. The number of aryl methyl sites for hydroxylation is 2. The van der Waals surface area contributed by atoms with Crippen LogP contribution in [0, 0.1) is 13.8 Å². The minimum absolute atomic E-state index is 0.188. The fourth-order valence-corrected chi connectivity index (χ4v) is 5.11. The molecule has 4 heterocycles. The molecule has 9 nitrogen and oxygen atoms in total. The first-order chi connectivity index (χ1) is 19.0. The van der Waals surface area contributed by atoms with Crippen molar-refractivity contribution in [3.8, 4) is 11.3 Å². The molecule has 5 aromatic rings. The zero-order valence-electron chi connectivity index (χ0n) is 22.3. The van der Waals surface area contributed by atoms with E-state index >= 15 is 0 Å². The summed E-state index contributed by atoms with van der Waals surface area (Å²) >= 11 is 0. The topological polar surface area (TPSA) is 101 Å². The molecule has 0 bridgehead atoms. The SMILES string of the molecule is Cc1cc(C(C)n2c(-c3ccccc3C)cc3cnc(Nc4ccc(N5CCOCC5)cc4)nc3c2=O)n[nH]1. The van der Waals surface area contributed by atoms with Gasteiger partial charge in [-0.05, 0) is 62.7 Å². The Labute approximate surface area is 226 Å². The summed E-state index contributed by atoms with van der Waals surface area (Å²) < 4.78 is 7.24. The lowest BCUT2D eigenvalue weighted by Crippen LogP contribution is -2.36. The van der Waals surface area contributed by atoms with Crippen LogP contribution in [0.1, 0.15) is 29.9 Å². The number of aromatic amines is 1. The molecule has 39 heavy (non-hydrogen) atoms. The molecule has 0 amide bonds. The second-order valence-electron chi connectivity index (χ2n) is 9.94. The maximum atomic E-state index is 14.1. The van der Waals surface area contributed by atoms with E-state index in [-0.39, 0.29) is 11.6 Å². The van der Waals surface area contributed by atoms with Gasteiger partial charge in [-0.1, -0.05) is 24.3 Å².